The van der Waals surface area contributed by atoms with Gasteiger partial charge in [-0.2, -0.15) is 0 Å². The molecule has 0 saturated carbocycles. The average molecular weight is 366 g/mol. The molecular weight excluding hydrogens is 340 g/mol. The largest absolute Gasteiger partial charge is 0.493 e. The van der Waals surface area contributed by atoms with Crippen molar-refractivity contribution < 1.29 is 14.2 Å². The number of hydrogen-bond acceptors (Lipinski definition) is 5. The lowest BCUT2D eigenvalue weighted by molar-refractivity contribution is 0.136. The van der Waals surface area contributed by atoms with Gasteiger partial charge in [-0.3, -0.25) is 9.88 Å². The number of fused-ring (bicyclic) bond motifs is 1. The Morgan fingerprint density at radius 3 is 2.63 bits per heavy atom. The molecule has 0 aliphatic carbocycles. The SMILES string of the molecule is COc1cc2c(cc1OC)[C@@H](c1ccncc1)N(CC1=CCCOC1)CC2. The Labute approximate surface area is 160 Å². The topological polar surface area (TPSA) is 43.8 Å². The third-order valence-corrected chi connectivity index (χ3v) is 5.38. The lowest BCUT2D eigenvalue weighted by Crippen LogP contribution is -2.38. The summed E-state index contributed by atoms with van der Waals surface area (Å²) >= 11 is 0. The molecule has 142 valence electrons. The van der Waals surface area contributed by atoms with E-state index in [1.54, 1.807) is 14.2 Å². The van der Waals surface area contributed by atoms with Crippen molar-refractivity contribution in [2.24, 2.45) is 0 Å². The van der Waals surface area contributed by atoms with E-state index in [1.807, 2.05) is 12.4 Å². The highest BCUT2D eigenvalue weighted by molar-refractivity contribution is 5.51. The minimum atomic E-state index is 0.166. The Morgan fingerprint density at radius 1 is 1.15 bits per heavy atom. The number of nitrogens with zero attached hydrogens (tertiary/aromatic N) is 2. The molecule has 27 heavy (non-hydrogen) atoms. The lowest BCUT2D eigenvalue weighted by atomic mass is 9.87. The molecule has 2 aliphatic rings. The molecule has 0 amide bonds. The summed E-state index contributed by atoms with van der Waals surface area (Å²) in [6.45, 7) is 3.48. The molecule has 0 saturated heterocycles. The minimum Gasteiger partial charge on any atom is -0.493 e. The maximum absolute atomic E-state index is 5.66. The molecule has 0 fully saturated rings. The van der Waals surface area contributed by atoms with Gasteiger partial charge in [0.05, 0.1) is 33.5 Å². The molecular formula is C22H26N2O3. The van der Waals surface area contributed by atoms with Crippen molar-refractivity contribution in [2.75, 3.05) is 40.5 Å². The molecule has 5 heteroatoms. The van der Waals surface area contributed by atoms with Crippen LogP contribution >= 0.6 is 0 Å². The molecule has 5 nitrogen and oxygen atoms in total. The van der Waals surface area contributed by atoms with Gasteiger partial charge in [-0.25, -0.2) is 0 Å². The van der Waals surface area contributed by atoms with Gasteiger partial charge in [-0.15, -0.1) is 0 Å². The molecule has 2 aromatic rings. The fourth-order valence-corrected chi connectivity index (χ4v) is 4.08. The van der Waals surface area contributed by atoms with Crippen LogP contribution in [0.2, 0.25) is 0 Å². The Morgan fingerprint density at radius 2 is 1.93 bits per heavy atom. The summed E-state index contributed by atoms with van der Waals surface area (Å²) in [5.74, 6) is 1.57. The molecule has 0 N–H and O–H groups in total. The van der Waals surface area contributed by atoms with E-state index in [-0.39, 0.29) is 6.04 Å². The first-order chi connectivity index (χ1) is 13.3. The number of hydrogen-bond donors (Lipinski definition) is 0. The van der Waals surface area contributed by atoms with Gasteiger partial charge in [0.15, 0.2) is 11.5 Å². The van der Waals surface area contributed by atoms with Crippen LogP contribution in [-0.4, -0.2) is 50.4 Å². The van der Waals surface area contributed by atoms with Gasteiger partial charge in [-0.1, -0.05) is 6.08 Å². The Balaban J connectivity index is 1.75. The smallest absolute Gasteiger partial charge is 0.161 e. The summed E-state index contributed by atoms with van der Waals surface area (Å²) < 4.78 is 16.8. The van der Waals surface area contributed by atoms with Gasteiger partial charge in [0, 0.05) is 25.5 Å². The van der Waals surface area contributed by atoms with Crippen molar-refractivity contribution in [3.63, 3.8) is 0 Å². The molecule has 3 heterocycles. The number of methoxy groups -OCH3 is 2. The van der Waals surface area contributed by atoms with E-state index in [0.29, 0.717) is 0 Å². The quantitative estimate of drug-likeness (QED) is 0.759. The first-order valence-corrected chi connectivity index (χ1v) is 9.44. The van der Waals surface area contributed by atoms with E-state index in [9.17, 15) is 0 Å². The summed E-state index contributed by atoms with van der Waals surface area (Å²) in [6, 6.07) is 8.64. The Hall–Kier alpha value is -2.37. The van der Waals surface area contributed by atoms with Crippen molar-refractivity contribution in [3.8, 4) is 11.5 Å². The number of pyridine rings is 1. The van der Waals surface area contributed by atoms with Crippen LogP contribution in [0.5, 0.6) is 11.5 Å². The van der Waals surface area contributed by atoms with Crippen molar-refractivity contribution in [1.29, 1.82) is 0 Å². The summed E-state index contributed by atoms with van der Waals surface area (Å²) in [5.41, 5.74) is 5.21. The first-order valence-electron chi connectivity index (χ1n) is 9.44. The second-order valence-corrected chi connectivity index (χ2v) is 7.01. The third kappa shape index (κ3) is 3.70. The second kappa shape index (κ2) is 8.11. The molecule has 1 atom stereocenters. The van der Waals surface area contributed by atoms with Crippen LogP contribution < -0.4 is 9.47 Å². The van der Waals surface area contributed by atoms with Gasteiger partial charge in [0.2, 0.25) is 0 Å². The predicted octanol–water partition coefficient (Wildman–Crippen LogP) is 3.39. The highest BCUT2D eigenvalue weighted by atomic mass is 16.5. The highest BCUT2D eigenvalue weighted by Crippen LogP contribution is 2.41. The number of rotatable bonds is 5. The fraction of sp³-hybridized carbons (Fsp3) is 0.409. The van der Waals surface area contributed by atoms with Crippen molar-refractivity contribution >= 4 is 0 Å². The van der Waals surface area contributed by atoms with E-state index in [1.165, 1.54) is 22.3 Å². The molecule has 1 aromatic carbocycles. The van der Waals surface area contributed by atoms with E-state index >= 15 is 0 Å². The van der Waals surface area contributed by atoms with Crippen molar-refractivity contribution in [3.05, 3.63) is 65.0 Å². The summed E-state index contributed by atoms with van der Waals surface area (Å²) in [7, 11) is 3.38. The number of ether oxygens (including phenoxy) is 3. The summed E-state index contributed by atoms with van der Waals surface area (Å²) in [5, 5.41) is 0. The monoisotopic (exact) mass is 366 g/mol. The van der Waals surface area contributed by atoms with Crippen LogP contribution in [0.3, 0.4) is 0 Å². The van der Waals surface area contributed by atoms with Crippen molar-refractivity contribution in [2.45, 2.75) is 18.9 Å². The Kier molecular flexibility index (Phi) is 5.41. The van der Waals surface area contributed by atoms with Gasteiger partial charge < -0.3 is 14.2 Å². The zero-order valence-electron chi connectivity index (χ0n) is 16.0. The average Bonchev–Trinajstić information content (AvgIpc) is 2.74. The molecule has 0 spiro atoms. The molecule has 2 aliphatic heterocycles. The standard InChI is InChI=1S/C22H26N2O3/c1-25-20-12-18-7-10-24(14-16-4-3-11-27-15-16)22(17-5-8-23-9-6-17)19(18)13-21(20)26-2/h4-6,8-9,12-13,22H,3,7,10-11,14-15H2,1-2H3/t22-/m1/s1. The van der Waals surface area contributed by atoms with Gasteiger partial charge >= 0.3 is 0 Å². The maximum Gasteiger partial charge on any atom is 0.161 e. The van der Waals surface area contributed by atoms with Crippen LogP contribution in [0.25, 0.3) is 0 Å². The van der Waals surface area contributed by atoms with Gasteiger partial charge in [-0.05, 0) is 59.4 Å². The lowest BCUT2D eigenvalue weighted by Gasteiger charge is -2.39. The second-order valence-electron chi connectivity index (χ2n) is 7.01. The molecule has 0 unspecified atom stereocenters. The third-order valence-electron chi connectivity index (χ3n) is 5.38. The summed E-state index contributed by atoms with van der Waals surface area (Å²) in [6.07, 6.45) is 8.06. The number of benzene rings is 1. The van der Waals surface area contributed by atoms with E-state index in [0.717, 1.165) is 50.6 Å². The normalized spacial score (nSPS) is 19.9. The van der Waals surface area contributed by atoms with Crippen molar-refractivity contribution in [1.82, 2.24) is 9.88 Å². The first kappa shape index (κ1) is 18.0. The summed E-state index contributed by atoms with van der Waals surface area (Å²) in [4.78, 5) is 6.74. The molecule has 0 radical (unpaired) electrons. The van der Waals surface area contributed by atoms with Crippen LogP contribution in [0.4, 0.5) is 0 Å². The van der Waals surface area contributed by atoms with E-state index in [4.69, 9.17) is 14.2 Å². The van der Waals surface area contributed by atoms with Crippen LogP contribution in [-0.2, 0) is 11.2 Å². The Bertz CT molecular complexity index is 820. The highest BCUT2D eigenvalue weighted by Gasteiger charge is 2.31. The van der Waals surface area contributed by atoms with Crippen LogP contribution in [0.1, 0.15) is 29.2 Å². The minimum absolute atomic E-state index is 0.166. The fourth-order valence-electron chi connectivity index (χ4n) is 4.08. The molecule has 1 aromatic heterocycles. The molecule has 4 rings (SSSR count). The molecule has 0 bridgehead atoms. The van der Waals surface area contributed by atoms with Gasteiger partial charge in [0.1, 0.15) is 0 Å². The van der Waals surface area contributed by atoms with Crippen LogP contribution in [0.15, 0.2) is 48.3 Å². The maximum atomic E-state index is 5.66. The zero-order valence-corrected chi connectivity index (χ0v) is 16.0. The van der Waals surface area contributed by atoms with E-state index < -0.39 is 0 Å². The van der Waals surface area contributed by atoms with E-state index in [2.05, 4.69) is 40.2 Å². The zero-order chi connectivity index (χ0) is 18.6. The predicted molar refractivity (Wildman–Crippen MR) is 104 cm³/mol. The van der Waals surface area contributed by atoms with Gasteiger partial charge in [0.25, 0.3) is 0 Å². The number of aromatic nitrogens is 1. The van der Waals surface area contributed by atoms with Crippen LogP contribution in [0, 0.1) is 0 Å².